The number of nitrogens with one attached hydrogen (secondary N) is 1. The fraction of sp³-hybridized carbons (Fsp3) is 0.417. The van der Waals surface area contributed by atoms with Gasteiger partial charge in [-0.2, -0.15) is 0 Å². The largest absolute Gasteiger partial charge is 0.397 e. The highest BCUT2D eigenvalue weighted by Crippen LogP contribution is 2.17. The summed E-state index contributed by atoms with van der Waals surface area (Å²) in [6.45, 7) is 3.97. The number of carbonyl (C=O) groups is 1. The van der Waals surface area contributed by atoms with E-state index in [4.69, 9.17) is 11.5 Å². The first-order valence-electron chi connectivity index (χ1n) is 5.47. The van der Waals surface area contributed by atoms with Crippen LogP contribution in [0.25, 0.3) is 0 Å². The Bertz CT molecular complexity index is 365. The third-order valence-electron chi connectivity index (χ3n) is 2.78. The van der Waals surface area contributed by atoms with E-state index in [0.717, 1.165) is 6.42 Å². The number of hydrogen-bond acceptors (Lipinski definition) is 3. The van der Waals surface area contributed by atoms with Gasteiger partial charge in [0.1, 0.15) is 0 Å². The van der Waals surface area contributed by atoms with Crippen molar-refractivity contribution in [3.05, 3.63) is 24.3 Å². The molecule has 16 heavy (non-hydrogen) atoms. The van der Waals surface area contributed by atoms with Gasteiger partial charge in [-0.1, -0.05) is 32.4 Å². The summed E-state index contributed by atoms with van der Waals surface area (Å²) < 4.78 is 0. The van der Waals surface area contributed by atoms with Gasteiger partial charge in [-0.15, -0.1) is 0 Å². The van der Waals surface area contributed by atoms with Crippen molar-refractivity contribution < 1.29 is 4.79 Å². The van der Waals surface area contributed by atoms with Crippen molar-refractivity contribution in [2.75, 3.05) is 11.1 Å². The van der Waals surface area contributed by atoms with Crippen molar-refractivity contribution in [1.29, 1.82) is 0 Å². The normalized spacial score (nSPS) is 14.2. The molecule has 4 heteroatoms. The number of anilines is 2. The molecule has 0 aliphatic heterocycles. The van der Waals surface area contributed by atoms with E-state index in [-0.39, 0.29) is 11.8 Å². The van der Waals surface area contributed by atoms with Crippen LogP contribution in [0.2, 0.25) is 0 Å². The standard InChI is InChI=1S/C12H19N3O/c1-3-8(2)11(14)12(16)15-10-7-5-4-6-9(10)13/h4-8,11H,3,13-14H2,1-2H3,(H,15,16)/t8?,11-/m0/s1. The minimum atomic E-state index is -0.496. The molecule has 0 saturated carbocycles. The van der Waals surface area contributed by atoms with Crippen molar-refractivity contribution in [1.82, 2.24) is 0 Å². The number of nitrogens with two attached hydrogens (primary N) is 2. The van der Waals surface area contributed by atoms with E-state index in [1.54, 1.807) is 12.1 Å². The molecule has 4 nitrogen and oxygen atoms in total. The van der Waals surface area contributed by atoms with Gasteiger partial charge in [-0.25, -0.2) is 0 Å². The van der Waals surface area contributed by atoms with Gasteiger partial charge >= 0.3 is 0 Å². The minimum Gasteiger partial charge on any atom is -0.397 e. The average Bonchev–Trinajstić information content (AvgIpc) is 2.30. The molecular weight excluding hydrogens is 202 g/mol. The molecule has 2 atom stereocenters. The van der Waals surface area contributed by atoms with E-state index < -0.39 is 6.04 Å². The summed E-state index contributed by atoms with van der Waals surface area (Å²) in [5.74, 6) is -0.0304. The maximum Gasteiger partial charge on any atom is 0.241 e. The van der Waals surface area contributed by atoms with Gasteiger partial charge in [0.25, 0.3) is 0 Å². The van der Waals surface area contributed by atoms with Gasteiger partial charge in [0.15, 0.2) is 0 Å². The van der Waals surface area contributed by atoms with Gasteiger partial charge < -0.3 is 16.8 Å². The predicted molar refractivity (Wildman–Crippen MR) is 66.9 cm³/mol. The molecule has 1 aromatic rings. The van der Waals surface area contributed by atoms with Crippen molar-refractivity contribution >= 4 is 17.3 Å². The summed E-state index contributed by atoms with van der Waals surface area (Å²) in [5, 5.41) is 2.74. The summed E-state index contributed by atoms with van der Waals surface area (Å²) in [6, 6.07) is 6.64. The number of para-hydroxylation sites is 2. The zero-order valence-corrected chi connectivity index (χ0v) is 9.73. The van der Waals surface area contributed by atoms with Crippen LogP contribution >= 0.6 is 0 Å². The van der Waals surface area contributed by atoms with E-state index in [0.29, 0.717) is 11.4 Å². The maximum atomic E-state index is 11.8. The summed E-state index contributed by atoms with van der Waals surface area (Å²) >= 11 is 0. The number of nitrogen functional groups attached to an aromatic ring is 1. The second-order valence-corrected chi connectivity index (χ2v) is 3.99. The highest BCUT2D eigenvalue weighted by Gasteiger charge is 2.19. The Balaban J connectivity index is 2.68. The molecule has 1 rings (SSSR count). The molecule has 0 aliphatic rings. The first-order valence-corrected chi connectivity index (χ1v) is 5.47. The Morgan fingerprint density at radius 1 is 1.44 bits per heavy atom. The SMILES string of the molecule is CCC(C)[C@H](N)C(=O)Nc1ccccc1N. The quantitative estimate of drug-likeness (QED) is 0.675. The van der Waals surface area contributed by atoms with Crippen LogP contribution in [0.15, 0.2) is 24.3 Å². The second kappa shape index (κ2) is 5.51. The van der Waals surface area contributed by atoms with Crippen LogP contribution in [0.3, 0.4) is 0 Å². The van der Waals surface area contributed by atoms with E-state index in [2.05, 4.69) is 5.32 Å². The Morgan fingerprint density at radius 2 is 2.06 bits per heavy atom. The minimum absolute atomic E-state index is 0.157. The highest BCUT2D eigenvalue weighted by molar-refractivity contribution is 5.97. The van der Waals surface area contributed by atoms with Crippen molar-refractivity contribution in [3.8, 4) is 0 Å². The van der Waals surface area contributed by atoms with Crippen LogP contribution in [0.5, 0.6) is 0 Å². The predicted octanol–water partition coefficient (Wildman–Crippen LogP) is 1.58. The lowest BCUT2D eigenvalue weighted by atomic mass is 9.99. The van der Waals surface area contributed by atoms with E-state index >= 15 is 0 Å². The monoisotopic (exact) mass is 221 g/mol. The summed E-state index contributed by atoms with van der Waals surface area (Å²) in [6.07, 6.45) is 0.874. The van der Waals surface area contributed by atoms with Crippen LogP contribution in [0.1, 0.15) is 20.3 Å². The summed E-state index contributed by atoms with van der Waals surface area (Å²) in [4.78, 5) is 11.8. The van der Waals surface area contributed by atoms with Crippen molar-refractivity contribution in [2.45, 2.75) is 26.3 Å². The second-order valence-electron chi connectivity index (χ2n) is 3.99. The molecule has 0 fully saturated rings. The van der Waals surface area contributed by atoms with Gasteiger partial charge in [0.2, 0.25) is 5.91 Å². The molecule has 0 heterocycles. The number of hydrogen-bond donors (Lipinski definition) is 3. The topological polar surface area (TPSA) is 81.1 Å². The average molecular weight is 221 g/mol. The molecule has 0 aromatic heterocycles. The fourth-order valence-corrected chi connectivity index (χ4v) is 1.34. The molecule has 1 aromatic carbocycles. The van der Waals surface area contributed by atoms with E-state index in [9.17, 15) is 4.79 Å². The summed E-state index contributed by atoms with van der Waals surface area (Å²) in [5.41, 5.74) is 12.7. The van der Waals surface area contributed by atoms with Gasteiger partial charge in [0.05, 0.1) is 17.4 Å². The van der Waals surface area contributed by atoms with Crippen LogP contribution in [0, 0.1) is 5.92 Å². The zero-order chi connectivity index (χ0) is 12.1. The zero-order valence-electron chi connectivity index (χ0n) is 9.73. The van der Waals surface area contributed by atoms with Crippen LogP contribution < -0.4 is 16.8 Å². The Labute approximate surface area is 96.0 Å². The molecule has 0 bridgehead atoms. The molecule has 0 aliphatic carbocycles. The van der Waals surface area contributed by atoms with E-state index in [1.165, 1.54) is 0 Å². The first-order chi connectivity index (χ1) is 7.56. The highest BCUT2D eigenvalue weighted by atomic mass is 16.2. The number of carbonyl (C=O) groups excluding carboxylic acids is 1. The lowest BCUT2D eigenvalue weighted by molar-refractivity contribution is -0.118. The molecule has 88 valence electrons. The molecule has 1 amide bonds. The smallest absolute Gasteiger partial charge is 0.241 e. The Morgan fingerprint density at radius 3 is 2.62 bits per heavy atom. The van der Waals surface area contributed by atoms with Crippen molar-refractivity contribution in [2.24, 2.45) is 11.7 Å². The fourth-order valence-electron chi connectivity index (χ4n) is 1.34. The molecule has 1 unspecified atom stereocenters. The number of benzene rings is 1. The van der Waals surface area contributed by atoms with E-state index in [1.807, 2.05) is 26.0 Å². The van der Waals surface area contributed by atoms with Crippen molar-refractivity contribution in [3.63, 3.8) is 0 Å². The molecular formula is C12H19N3O. The number of rotatable bonds is 4. The van der Waals surface area contributed by atoms with Crippen LogP contribution in [-0.2, 0) is 4.79 Å². The molecule has 5 N–H and O–H groups in total. The lowest BCUT2D eigenvalue weighted by Crippen LogP contribution is -2.40. The van der Waals surface area contributed by atoms with Gasteiger partial charge in [-0.05, 0) is 18.1 Å². The van der Waals surface area contributed by atoms with Gasteiger partial charge in [-0.3, -0.25) is 4.79 Å². The maximum absolute atomic E-state index is 11.8. The Kier molecular flexibility index (Phi) is 4.31. The lowest BCUT2D eigenvalue weighted by Gasteiger charge is -2.18. The number of amides is 1. The van der Waals surface area contributed by atoms with Crippen LogP contribution in [-0.4, -0.2) is 11.9 Å². The summed E-state index contributed by atoms with van der Waals surface area (Å²) in [7, 11) is 0. The van der Waals surface area contributed by atoms with Crippen LogP contribution in [0.4, 0.5) is 11.4 Å². The molecule has 0 radical (unpaired) electrons. The van der Waals surface area contributed by atoms with Gasteiger partial charge in [0, 0.05) is 0 Å². The molecule has 0 spiro atoms. The third-order valence-corrected chi connectivity index (χ3v) is 2.78. The third kappa shape index (κ3) is 2.97. The molecule has 0 saturated heterocycles. The Hall–Kier alpha value is -1.55. The first kappa shape index (κ1) is 12.5.